The number of rotatable bonds is 5. The van der Waals surface area contributed by atoms with E-state index in [1.165, 1.54) is 18.5 Å². The van der Waals surface area contributed by atoms with Crippen LogP contribution in [0.25, 0.3) is 0 Å². The van der Waals surface area contributed by atoms with Crippen molar-refractivity contribution in [1.29, 1.82) is 0 Å². The number of aromatic nitrogens is 2. The van der Waals surface area contributed by atoms with Gasteiger partial charge in [0.05, 0.1) is 22.6 Å². The Morgan fingerprint density at radius 3 is 2.84 bits per heavy atom. The molecule has 1 N–H and O–H groups in total. The van der Waals surface area contributed by atoms with Gasteiger partial charge in [0.1, 0.15) is 0 Å². The maximum absolute atomic E-state index is 12.0. The normalized spacial score (nSPS) is 12.0. The molecule has 0 spiro atoms. The minimum Gasteiger partial charge on any atom is -0.450 e. The highest BCUT2D eigenvalue weighted by molar-refractivity contribution is 9.10. The molecule has 0 fully saturated rings. The van der Waals surface area contributed by atoms with Crippen molar-refractivity contribution in [3.8, 4) is 0 Å². The minimum absolute atomic E-state index is 0.149. The van der Waals surface area contributed by atoms with Crippen molar-refractivity contribution < 1.29 is 12.8 Å². The molecule has 0 atom stereocenters. The van der Waals surface area contributed by atoms with E-state index >= 15 is 0 Å². The number of halogens is 1. The summed E-state index contributed by atoms with van der Waals surface area (Å²) in [5.74, 6) is 0.434. The van der Waals surface area contributed by atoms with E-state index in [1.54, 1.807) is 10.9 Å². The summed E-state index contributed by atoms with van der Waals surface area (Å²) in [7, 11) is -3.73. The first-order valence-electron chi connectivity index (χ1n) is 5.67. The Hall–Kier alpha value is -1.28. The summed E-state index contributed by atoms with van der Waals surface area (Å²) in [4.78, 5) is 0. The van der Waals surface area contributed by atoms with E-state index in [0.29, 0.717) is 16.1 Å². The summed E-state index contributed by atoms with van der Waals surface area (Å²) < 4.78 is 33.5. The van der Waals surface area contributed by atoms with Gasteiger partial charge < -0.3 is 4.42 Å². The average molecular weight is 348 g/mol. The number of anilines is 1. The SMILES string of the molecule is CC(C)Cn1cc(NS(=O)(=O)c2occc2Br)cn1. The van der Waals surface area contributed by atoms with E-state index in [2.05, 4.69) is 39.6 Å². The fourth-order valence-electron chi connectivity index (χ4n) is 1.56. The zero-order valence-corrected chi connectivity index (χ0v) is 12.9. The Labute approximate surface area is 120 Å². The molecule has 0 saturated carbocycles. The first kappa shape index (κ1) is 14.1. The van der Waals surface area contributed by atoms with Gasteiger partial charge in [-0.1, -0.05) is 13.8 Å². The lowest BCUT2D eigenvalue weighted by atomic mass is 10.2. The van der Waals surface area contributed by atoms with Crippen LogP contribution in [-0.4, -0.2) is 18.2 Å². The molecule has 2 heterocycles. The first-order valence-corrected chi connectivity index (χ1v) is 7.94. The third-order valence-electron chi connectivity index (χ3n) is 2.27. The molecule has 8 heteroatoms. The van der Waals surface area contributed by atoms with E-state index in [-0.39, 0.29) is 5.09 Å². The van der Waals surface area contributed by atoms with Crippen molar-refractivity contribution in [2.24, 2.45) is 5.92 Å². The van der Waals surface area contributed by atoms with Gasteiger partial charge >= 0.3 is 0 Å². The van der Waals surface area contributed by atoms with E-state index in [9.17, 15) is 8.42 Å². The van der Waals surface area contributed by atoms with Crippen LogP contribution >= 0.6 is 15.9 Å². The highest BCUT2D eigenvalue weighted by Crippen LogP contribution is 2.24. The molecule has 0 aliphatic rings. The van der Waals surface area contributed by atoms with Crippen molar-refractivity contribution in [3.05, 3.63) is 29.2 Å². The van der Waals surface area contributed by atoms with Crippen LogP contribution in [-0.2, 0) is 16.6 Å². The molecule has 104 valence electrons. The number of hydrogen-bond donors (Lipinski definition) is 1. The summed E-state index contributed by atoms with van der Waals surface area (Å²) in [5.41, 5.74) is 0.406. The van der Waals surface area contributed by atoms with Gasteiger partial charge in [-0.3, -0.25) is 9.40 Å². The Morgan fingerprint density at radius 1 is 1.53 bits per heavy atom. The molecule has 2 rings (SSSR count). The van der Waals surface area contributed by atoms with Crippen molar-refractivity contribution in [3.63, 3.8) is 0 Å². The lowest BCUT2D eigenvalue weighted by molar-refractivity contribution is 0.449. The standard InChI is InChI=1S/C11H14BrN3O3S/c1-8(2)6-15-7-9(5-13-15)14-19(16,17)11-10(12)3-4-18-11/h3-5,7-8,14H,6H2,1-2H3. The molecule has 6 nitrogen and oxygen atoms in total. The van der Waals surface area contributed by atoms with Crippen molar-refractivity contribution >= 4 is 31.6 Å². The van der Waals surface area contributed by atoms with Crippen LogP contribution in [0.15, 0.2) is 38.7 Å². The lowest BCUT2D eigenvalue weighted by Gasteiger charge is -2.04. The van der Waals surface area contributed by atoms with Gasteiger partial charge in [0.2, 0.25) is 0 Å². The third kappa shape index (κ3) is 3.38. The van der Waals surface area contributed by atoms with Crippen molar-refractivity contribution in [2.75, 3.05) is 4.72 Å². The molecule has 0 bridgehead atoms. The number of nitrogens with zero attached hydrogens (tertiary/aromatic N) is 2. The third-order valence-corrected chi connectivity index (χ3v) is 4.46. The van der Waals surface area contributed by atoms with Gasteiger partial charge in [-0.2, -0.15) is 13.5 Å². The average Bonchev–Trinajstić information content (AvgIpc) is 2.86. The van der Waals surface area contributed by atoms with E-state index < -0.39 is 10.0 Å². The quantitative estimate of drug-likeness (QED) is 0.901. The van der Waals surface area contributed by atoms with Crippen molar-refractivity contribution in [1.82, 2.24) is 9.78 Å². The molecule has 0 unspecified atom stereocenters. The molecule has 0 aromatic carbocycles. The number of sulfonamides is 1. The van der Waals surface area contributed by atoms with Crippen LogP contribution in [0, 0.1) is 5.92 Å². The maximum Gasteiger partial charge on any atom is 0.296 e. The molecule has 2 aromatic heterocycles. The summed E-state index contributed by atoms with van der Waals surface area (Å²) in [6.45, 7) is 4.85. The fraction of sp³-hybridized carbons (Fsp3) is 0.364. The van der Waals surface area contributed by atoms with Gasteiger partial charge in [0.25, 0.3) is 15.1 Å². The van der Waals surface area contributed by atoms with Crippen LogP contribution in [0.1, 0.15) is 13.8 Å². The Morgan fingerprint density at radius 2 is 2.26 bits per heavy atom. The zero-order chi connectivity index (χ0) is 14.0. The maximum atomic E-state index is 12.0. The fourth-order valence-corrected chi connectivity index (χ4v) is 3.42. The Kier molecular flexibility index (Phi) is 4.00. The largest absolute Gasteiger partial charge is 0.450 e. The van der Waals surface area contributed by atoms with Crippen LogP contribution < -0.4 is 4.72 Å². The smallest absolute Gasteiger partial charge is 0.296 e. The van der Waals surface area contributed by atoms with E-state index in [0.717, 1.165) is 6.54 Å². The van der Waals surface area contributed by atoms with Gasteiger partial charge in [-0.15, -0.1) is 0 Å². The zero-order valence-electron chi connectivity index (χ0n) is 10.5. The van der Waals surface area contributed by atoms with Gasteiger partial charge in [-0.05, 0) is 27.9 Å². The van der Waals surface area contributed by atoms with Crippen LogP contribution in [0.4, 0.5) is 5.69 Å². The van der Waals surface area contributed by atoms with E-state index in [1.807, 2.05) is 0 Å². The number of nitrogens with one attached hydrogen (secondary N) is 1. The summed E-state index contributed by atoms with van der Waals surface area (Å²) in [6, 6.07) is 1.52. The van der Waals surface area contributed by atoms with Gasteiger partial charge in [-0.25, -0.2) is 0 Å². The Balaban J connectivity index is 2.17. The van der Waals surface area contributed by atoms with Crippen LogP contribution in [0.2, 0.25) is 0 Å². The second kappa shape index (κ2) is 5.38. The second-order valence-corrected chi connectivity index (χ2v) is 6.94. The summed E-state index contributed by atoms with van der Waals surface area (Å²) in [6.07, 6.45) is 4.42. The first-order chi connectivity index (χ1) is 8.88. The monoisotopic (exact) mass is 347 g/mol. The van der Waals surface area contributed by atoms with E-state index in [4.69, 9.17) is 4.42 Å². The predicted molar refractivity (Wildman–Crippen MR) is 74.3 cm³/mol. The lowest BCUT2D eigenvalue weighted by Crippen LogP contribution is -2.12. The Bertz CT molecular complexity index is 660. The highest BCUT2D eigenvalue weighted by atomic mass is 79.9. The molecule has 0 aliphatic carbocycles. The molecule has 0 radical (unpaired) electrons. The molecule has 19 heavy (non-hydrogen) atoms. The number of furan rings is 1. The molecule has 0 amide bonds. The van der Waals surface area contributed by atoms with Crippen molar-refractivity contribution in [2.45, 2.75) is 25.5 Å². The van der Waals surface area contributed by atoms with Crippen LogP contribution in [0.5, 0.6) is 0 Å². The molecule has 2 aromatic rings. The van der Waals surface area contributed by atoms with Crippen LogP contribution in [0.3, 0.4) is 0 Å². The topological polar surface area (TPSA) is 77.1 Å². The summed E-state index contributed by atoms with van der Waals surface area (Å²) >= 11 is 3.12. The molecule has 0 saturated heterocycles. The predicted octanol–water partition coefficient (Wildman–Crippen LogP) is 2.70. The molecular formula is C11H14BrN3O3S. The molecular weight excluding hydrogens is 334 g/mol. The molecule has 0 aliphatic heterocycles. The highest BCUT2D eigenvalue weighted by Gasteiger charge is 2.22. The van der Waals surface area contributed by atoms with Gasteiger partial charge in [0.15, 0.2) is 0 Å². The summed E-state index contributed by atoms with van der Waals surface area (Å²) in [5, 5.41) is 3.94. The second-order valence-electron chi connectivity index (χ2n) is 4.51. The number of hydrogen-bond acceptors (Lipinski definition) is 4. The van der Waals surface area contributed by atoms with Gasteiger partial charge in [0, 0.05) is 12.7 Å². The minimum atomic E-state index is -3.73.